The van der Waals surface area contributed by atoms with Gasteiger partial charge < -0.3 is 20.7 Å². The summed E-state index contributed by atoms with van der Waals surface area (Å²) in [5.41, 5.74) is 6.04. The second-order valence-electron chi connectivity index (χ2n) is 7.98. The molecule has 1 aliphatic heterocycles. The highest BCUT2D eigenvalue weighted by Gasteiger charge is 2.26. The summed E-state index contributed by atoms with van der Waals surface area (Å²) in [6, 6.07) is 10.7. The summed E-state index contributed by atoms with van der Waals surface area (Å²) in [6.07, 6.45) is 4.60. The third-order valence-electron chi connectivity index (χ3n) is 5.73. The summed E-state index contributed by atoms with van der Waals surface area (Å²) in [4.78, 5) is 31.2. The molecule has 1 saturated heterocycles. The molecule has 0 unspecified atom stereocenters. The van der Waals surface area contributed by atoms with Crippen LogP contribution in [0.15, 0.2) is 48.5 Å². The predicted molar refractivity (Wildman–Crippen MR) is 132 cm³/mol. The van der Waals surface area contributed by atoms with Crippen molar-refractivity contribution in [2.45, 2.75) is 18.9 Å². The summed E-state index contributed by atoms with van der Waals surface area (Å²) in [5.74, 6) is -2.22. The minimum atomic E-state index is -0.950. The number of methoxy groups -OCH3 is 1. The van der Waals surface area contributed by atoms with Gasteiger partial charge in [-0.2, -0.15) is 0 Å². The number of aromatic nitrogens is 1. The average Bonchev–Trinajstić information content (AvgIpc) is 3.22. The summed E-state index contributed by atoms with van der Waals surface area (Å²) < 4.78 is 33.3. The van der Waals surface area contributed by atoms with Crippen molar-refractivity contribution in [3.8, 4) is 5.75 Å². The Kier molecular flexibility index (Phi) is 7.40. The van der Waals surface area contributed by atoms with Crippen molar-refractivity contribution < 1.29 is 23.1 Å². The molecule has 1 fully saturated rings. The van der Waals surface area contributed by atoms with Gasteiger partial charge in [-0.25, -0.2) is 13.8 Å². The topological polar surface area (TPSA) is 97.6 Å². The van der Waals surface area contributed by atoms with Gasteiger partial charge in [0.05, 0.1) is 12.7 Å². The van der Waals surface area contributed by atoms with Crippen molar-refractivity contribution in [1.29, 1.82) is 0 Å². The van der Waals surface area contributed by atoms with E-state index in [1.807, 2.05) is 24.3 Å². The number of hydrogen-bond acceptors (Lipinski definition) is 7. The van der Waals surface area contributed by atoms with Gasteiger partial charge in [-0.1, -0.05) is 35.6 Å². The zero-order valence-electron chi connectivity index (χ0n) is 19.0. The van der Waals surface area contributed by atoms with Gasteiger partial charge in [-0.15, -0.1) is 0 Å². The molecule has 0 saturated carbocycles. The summed E-state index contributed by atoms with van der Waals surface area (Å²) in [7, 11) is 1.58. The van der Waals surface area contributed by atoms with E-state index in [-0.39, 0.29) is 22.6 Å². The number of anilines is 2. The smallest absolute Gasteiger partial charge is 0.246 e. The van der Waals surface area contributed by atoms with E-state index < -0.39 is 23.0 Å². The van der Waals surface area contributed by atoms with Crippen LogP contribution in [-0.4, -0.2) is 47.8 Å². The molecule has 3 N–H and O–H groups in total. The number of carbonyl (C=O) groups excluding carboxylic acids is 2. The molecule has 4 rings (SSSR count). The minimum absolute atomic E-state index is 0.0101. The molecule has 7 nitrogen and oxygen atoms in total. The zero-order chi connectivity index (χ0) is 24.9. The van der Waals surface area contributed by atoms with Crippen LogP contribution in [0.4, 0.5) is 19.7 Å². The highest BCUT2D eigenvalue weighted by atomic mass is 32.1. The van der Waals surface area contributed by atoms with Gasteiger partial charge in [0.2, 0.25) is 11.7 Å². The molecule has 1 amide bonds. The molecule has 0 spiro atoms. The van der Waals surface area contributed by atoms with Crippen LogP contribution in [0.25, 0.3) is 6.08 Å². The molecule has 0 bridgehead atoms. The minimum Gasteiger partial charge on any atom is -0.496 e. The van der Waals surface area contributed by atoms with E-state index in [0.29, 0.717) is 36.8 Å². The lowest BCUT2D eigenvalue weighted by Crippen LogP contribution is -2.41. The third kappa shape index (κ3) is 5.48. The van der Waals surface area contributed by atoms with Crippen molar-refractivity contribution in [1.82, 2.24) is 9.88 Å². The number of ketones is 1. The van der Waals surface area contributed by atoms with Crippen LogP contribution in [0.2, 0.25) is 0 Å². The Hall–Kier alpha value is -3.79. The number of piperidine rings is 1. The molecule has 0 aliphatic carbocycles. The Labute approximate surface area is 205 Å². The fourth-order valence-corrected chi connectivity index (χ4v) is 4.78. The molecular formula is C25H24F2N4O3S. The molecule has 1 aromatic heterocycles. The van der Waals surface area contributed by atoms with Gasteiger partial charge in [0.1, 0.15) is 28.1 Å². The number of halogens is 2. The zero-order valence-corrected chi connectivity index (χ0v) is 19.8. The molecule has 10 heteroatoms. The van der Waals surface area contributed by atoms with Crippen LogP contribution < -0.4 is 15.8 Å². The van der Waals surface area contributed by atoms with Crippen molar-refractivity contribution in [2.75, 3.05) is 31.2 Å². The lowest BCUT2D eigenvalue weighted by Gasteiger charge is -2.31. The molecule has 1 aliphatic rings. The van der Waals surface area contributed by atoms with Gasteiger partial charge in [0.25, 0.3) is 0 Å². The van der Waals surface area contributed by atoms with Crippen molar-refractivity contribution >= 4 is 40.1 Å². The highest BCUT2D eigenvalue weighted by molar-refractivity contribution is 7.18. The summed E-state index contributed by atoms with van der Waals surface area (Å²) >= 11 is 0.956. The molecule has 2 aromatic carbocycles. The SMILES string of the molecule is COc1ccccc1C=CC(=O)N1CCC(Nc2nc(N)c(C(=O)c3c(F)cccc3F)s2)CC1. The lowest BCUT2D eigenvalue weighted by molar-refractivity contribution is -0.126. The van der Waals surface area contributed by atoms with Gasteiger partial charge in [0, 0.05) is 30.8 Å². The standard InChI is InChI=1S/C25H24F2N4O3S/c1-34-19-8-3-2-5-15(19)9-10-20(32)31-13-11-16(12-14-31)29-25-30-24(28)23(35-25)22(33)21-17(26)6-4-7-18(21)27/h2-10,16H,11-14,28H2,1H3,(H,29,30). The van der Waals surface area contributed by atoms with E-state index in [4.69, 9.17) is 10.5 Å². The van der Waals surface area contributed by atoms with E-state index in [2.05, 4.69) is 10.3 Å². The number of likely N-dealkylation sites (tertiary alicyclic amines) is 1. The van der Waals surface area contributed by atoms with E-state index >= 15 is 0 Å². The number of nitrogens with zero attached hydrogens (tertiary/aromatic N) is 2. The average molecular weight is 499 g/mol. The van der Waals surface area contributed by atoms with Crippen LogP contribution in [0.5, 0.6) is 5.75 Å². The Morgan fingerprint density at radius 2 is 1.83 bits per heavy atom. The Balaban J connectivity index is 1.35. The van der Waals surface area contributed by atoms with E-state index in [1.54, 1.807) is 18.1 Å². The molecule has 0 radical (unpaired) electrons. The van der Waals surface area contributed by atoms with Crippen LogP contribution in [-0.2, 0) is 4.79 Å². The quantitative estimate of drug-likeness (QED) is 0.371. The second kappa shape index (κ2) is 10.6. The Morgan fingerprint density at radius 3 is 2.51 bits per heavy atom. The third-order valence-corrected chi connectivity index (χ3v) is 6.73. The predicted octanol–water partition coefficient (Wildman–Crippen LogP) is 4.36. The first-order valence-electron chi connectivity index (χ1n) is 11.0. The van der Waals surface area contributed by atoms with Gasteiger partial charge in [-0.05, 0) is 37.1 Å². The molecular weight excluding hydrogens is 474 g/mol. The second-order valence-corrected chi connectivity index (χ2v) is 8.98. The van der Waals surface area contributed by atoms with Crippen LogP contribution in [0, 0.1) is 11.6 Å². The molecule has 3 aromatic rings. The molecule has 182 valence electrons. The van der Waals surface area contributed by atoms with E-state index in [1.165, 1.54) is 12.1 Å². The van der Waals surface area contributed by atoms with Gasteiger partial charge >= 0.3 is 0 Å². The maximum absolute atomic E-state index is 14.0. The largest absolute Gasteiger partial charge is 0.496 e. The van der Waals surface area contributed by atoms with Crippen LogP contribution >= 0.6 is 11.3 Å². The number of nitrogens with two attached hydrogens (primary N) is 1. The number of nitrogens with one attached hydrogen (secondary N) is 1. The van der Waals surface area contributed by atoms with Crippen molar-refractivity contribution in [3.63, 3.8) is 0 Å². The first kappa shape index (κ1) is 24.3. The van der Waals surface area contributed by atoms with E-state index in [0.717, 1.165) is 29.0 Å². The van der Waals surface area contributed by atoms with Crippen LogP contribution in [0.3, 0.4) is 0 Å². The highest BCUT2D eigenvalue weighted by Crippen LogP contribution is 2.30. The lowest BCUT2D eigenvalue weighted by atomic mass is 10.1. The normalized spacial score (nSPS) is 14.3. The number of carbonyl (C=O) groups is 2. The summed E-state index contributed by atoms with van der Waals surface area (Å²) in [5, 5.41) is 3.62. The number of para-hydroxylation sites is 1. The molecule has 35 heavy (non-hydrogen) atoms. The van der Waals surface area contributed by atoms with Gasteiger partial charge in [-0.3, -0.25) is 9.59 Å². The number of amides is 1. The Morgan fingerprint density at radius 1 is 1.14 bits per heavy atom. The number of ether oxygens (including phenoxy) is 1. The molecule has 0 atom stereocenters. The number of benzene rings is 2. The first-order valence-corrected chi connectivity index (χ1v) is 11.8. The summed E-state index contributed by atoms with van der Waals surface area (Å²) in [6.45, 7) is 1.08. The Bertz CT molecular complexity index is 1250. The van der Waals surface area contributed by atoms with Crippen LogP contribution in [0.1, 0.15) is 33.6 Å². The number of thiazole rings is 1. The molecule has 2 heterocycles. The van der Waals surface area contributed by atoms with Gasteiger partial charge in [0.15, 0.2) is 5.13 Å². The fraction of sp³-hybridized carbons (Fsp3) is 0.240. The van der Waals surface area contributed by atoms with Crippen molar-refractivity contribution in [2.24, 2.45) is 0 Å². The number of rotatable bonds is 7. The number of hydrogen-bond donors (Lipinski definition) is 2. The van der Waals surface area contributed by atoms with E-state index in [9.17, 15) is 18.4 Å². The maximum atomic E-state index is 14.0. The maximum Gasteiger partial charge on any atom is 0.246 e. The monoisotopic (exact) mass is 498 g/mol. The fourth-order valence-electron chi connectivity index (χ4n) is 3.87. The first-order chi connectivity index (χ1) is 16.9. The number of nitrogen functional groups attached to an aromatic ring is 1. The van der Waals surface area contributed by atoms with Crippen molar-refractivity contribution in [3.05, 3.63) is 76.2 Å².